The fourth-order valence-electron chi connectivity index (χ4n) is 4.99. The van der Waals surface area contributed by atoms with Crippen molar-refractivity contribution in [1.29, 1.82) is 0 Å². The van der Waals surface area contributed by atoms with E-state index in [0.717, 1.165) is 45.5 Å². The zero-order chi connectivity index (χ0) is 27.3. The summed E-state index contributed by atoms with van der Waals surface area (Å²) in [6.07, 6.45) is 6.36. The predicted molar refractivity (Wildman–Crippen MR) is 139 cm³/mol. The molecular formula is C27H27N7O2. The van der Waals surface area contributed by atoms with Crippen molar-refractivity contribution in [1.82, 2.24) is 28.9 Å². The Morgan fingerprint density at radius 1 is 1.06 bits per heavy atom. The molecule has 0 radical (unpaired) electrons. The predicted octanol–water partition coefficient (Wildman–Crippen LogP) is 3.87. The summed E-state index contributed by atoms with van der Waals surface area (Å²) in [6.45, 7) is 0.603. The van der Waals surface area contributed by atoms with Crippen LogP contribution in [0.3, 0.4) is 0 Å². The molecule has 36 heavy (non-hydrogen) atoms. The maximum atomic E-state index is 12.4. The van der Waals surface area contributed by atoms with E-state index in [1.54, 1.807) is 17.6 Å². The molecule has 0 spiro atoms. The highest BCUT2D eigenvalue weighted by atomic mass is 16.5. The highest BCUT2D eigenvalue weighted by Crippen LogP contribution is 2.37. The van der Waals surface area contributed by atoms with Crippen LogP contribution in [0.1, 0.15) is 28.6 Å². The van der Waals surface area contributed by atoms with E-state index in [1.165, 1.54) is 18.6 Å². The van der Waals surface area contributed by atoms with Gasteiger partial charge in [0.05, 0.1) is 17.4 Å². The summed E-state index contributed by atoms with van der Waals surface area (Å²) in [6, 6.07) is 13.3. The van der Waals surface area contributed by atoms with Crippen LogP contribution in [-0.4, -0.2) is 42.2 Å². The molecule has 5 aromatic rings. The van der Waals surface area contributed by atoms with Gasteiger partial charge in [-0.25, -0.2) is 9.50 Å². The molecule has 1 aliphatic heterocycles. The number of rotatable bonds is 4. The Balaban J connectivity index is 1.51. The molecule has 0 atom stereocenters. The molecule has 5 heterocycles. The lowest BCUT2D eigenvalue weighted by Gasteiger charge is -2.24. The molecule has 9 heteroatoms. The molecule has 1 aromatic carbocycles. The van der Waals surface area contributed by atoms with Gasteiger partial charge >= 0.3 is 0 Å². The van der Waals surface area contributed by atoms with Gasteiger partial charge in [0.15, 0.2) is 5.82 Å². The Kier molecular flexibility index (Phi) is 4.63. The van der Waals surface area contributed by atoms with Crippen molar-refractivity contribution >= 4 is 11.3 Å². The zero-order valence-electron chi connectivity index (χ0n) is 22.8. The van der Waals surface area contributed by atoms with E-state index in [4.69, 9.17) is 14.6 Å². The first-order chi connectivity index (χ1) is 18.7. The lowest BCUT2D eigenvalue weighted by atomic mass is 9.99. The maximum Gasteiger partial charge on any atom is 0.250 e. The summed E-state index contributed by atoms with van der Waals surface area (Å²) in [5.41, 5.74) is 12.0. The number of aryl methyl sites for hydroxylation is 2. The lowest BCUT2D eigenvalue weighted by Crippen LogP contribution is -2.21. The first-order valence-electron chi connectivity index (χ1n) is 13.3. The standard InChI is InChI=1S/C27H27N7O2/c1-17-12-25(35)32(2)15-22(17)18-4-3-5-19(13-18)24-14-21(26-27(28)29-16-31-34(24)26)23-6-9-30-33(23)20-7-10-36-11-8-20/h3-6,9,12-16,20H,7-8,10-11H2,1-2H3,(H2,28,29,31)/i2D3. The van der Waals surface area contributed by atoms with E-state index >= 15 is 0 Å². The van der Waals surface area contributed by atoms with Gasteiger partial charge in [0.25, 0.3) is 5.56 Å². The first-order valence-corrected chi connectivity index (χ1v) is 11.8. The third kappa shape index (κ3) is 3.68. The average molecular weight is 485 g/mol. The van der Waals surface area contributed by atoms with E-state index in [9.17, 15) is 4.79 Å². The monoisotopic (exact) mass is 484 g/mol. The number of ether oxygens (including phenoxy) is 1. The quantitative estimate of drug-likeness (QED) is 0.415. The van der Waals surface area contributed by atoms with E-state index < -0.39 is 12.5 Å². The Bertz CT molecular complexity index is 1750. The van der Waals surface area contributed by atoms with E-state index in [0.29, 0.717) is 35.7 Å². The Hall–Kier alpha value is -4.24. The van der Waals surface area contributed by atoms with Gasteiger partial charge in [-0.1, -0.05) is 18.2 Å². The van der Waals surface area contributed by atoms with Crippen LogP contribution < -0.4 is 11.3 Å². The van der Waals surface area contributed by atoms with Gasteiger partial charge in [-0.3, -0.25) is 9.48 Å². The Labute approximate surface area is 212 Å². The number of nitrogens with two attached hydrogens (primary N) is 1. The summed E-state index contributed by atoms with van der Waals surface area (Å²) >= 11 is 0. The smallest absolute Gasteiger partial charge is 0.250 e. The van der Waals surface area contributed by atoms with Crippen molar-refractivity contribution in [3.8, 4) is 33.6 Å². The number of aromatic nitrogens is 6. The number of hydrogen-bond acceptors (Lipinski definition) is 6. The van der Waals surface area contributed by atoms with Gasteiger partial charge in [-0.2, -0.15) is 10.2 Å². The van der Waals surface area contributed by atoms with Crippen LogP contribution >= 0.6 is 0 Å². The highest BCUT2D eigenvalue weighted by Gasteiger charge is 2.23. The number of fused-ring (bicyclic) bond motifs is 1. The summed E-state index contributed by atoms with van der Waals surface area (Å²) in [5, 5.41) is 9.15. The Morgan fingerprint density at radius 2 is 1.89 bits per heavy atom. The summed E-state index contributed by atoms with van der Waals surface area (Å²) < 4.78 is 33.4. The van der Waals surface area contributed by atoms with Gasteiger partial charge < -0.3 is 15.0 Å². The molecule has 0 aliphatic carbocycles. The van der Waals surface area contributed by atoms with Gasteiger partial charge in [0.2, 0.25) is 0 Å². The minimum absolute atomic E-state index is 0.216. The molecule has 9 nitrogen and oxygen atoms in total. The number of pyridine rings is 1. The fourth-order valence-corrected chi connectivity index (χ4v) is 4.99. The molecular weight excluding hydrogens is 454 g/mol. The van der Waals surface area contributed by atoms with Crippen molar-refractivity contribution in [2.75, 3.05) is 18.9 Å². The third-order valence-electron chi connectivity index (χ3n) is 6.80. The van der Waals surface area contributed by atoms with Crippen LogP contribution in [0.2, 0.25) is 0 Å². The highest BCUT2D eigenvalue weighted by molar-refractivity contribution is 5.91. The van der Waals surface area contributed by atoms with Crippen LogP contribution in [0.4, 0.5) is 5.82 Å². The van der Waals surface area contributed by atoms with E-state index in [-0.39, 0.29) is 6.04 Å². The normalized spacial score (nSPS) is 16.1. The molecule has 1 fully saturated rings. The molecule has 2 N–H and O–H groups in total. The summed E-state index contributed by atoms with van der Waals surface area (Å²) in [4.78, 5) is 16.6. The number of benzene rings is 1. The summed E-state index contributed by atoms with van der Waals surface area (Å²) in [5.74, 6) is 0.350. The second-order valence-corrected chi connectivity index (χ2v) is 9.01. The van der Waals surface area contributed by atoms with Crippen molar-refractivity contribution in [2.24, 2.45) is 6.98 Å². The van der Waals surface area contributed by atoms with Crippen LogP contribution in [-0.2, 0) is 11.7 Å². The SMILES string of the molecule is [2H]C([2H])([2H])n1cc(-c2cccc(-c3cc(-c4ccnn4C4CCOCC4)c4c(N)ncnn34)c2)c(C)cc1=O. The largest absolute Gasteiger partial charge is 0.382 e. The average Bonchev–Trinajstić information content (AvgIpc) is 3.54. The molecule has 0 amide bonds. The zero-order valence-corrected chi connectivity index (χ0v) is 19.8. The van der Waals surface area contributed by atoms with Crippen LogP contribution in [0.5, 0.6) is 0 Å². The van der Waals surface area contributed by atoms with Crippen molar-refractivity contribution in [2.45, 2.75) is 25.8 Å². The third-order valence-corrected chi connectivity index (χ3v) is 6.80. The number of anilines is 1. The lowest BCUT2D eigenvalue weighted by molar-refractivity contribution is 0.0667. The topological polar surface area (TPSA) is 105 Å². The Morgan fingerprint density at radius 3 is 2.72 bits per heavy atom. The molecule has 0 saturated carbocycles. The second-order valence-electron chi connectivity index (χ2n) is 9.01. The first kappa shape index (κ1) is 19.0. The molecule has 0 bridgehead atoms. The number of hydrogen-bond donors (Lipinski definition) is 1. The fraction of sp³-hybridized carbons (Fsp3) is 0.259. The van der Waals surface area contributed by atoms with Crippen LogP contribution in [0.25, 0.3) is 39.2 Å². The molecule has 182 valence electrons. The maximum absolute atomic E-state index is 12.4. The second kappa shape index (κ2) is 8.76. The van der Waals surface area contributed by atoms with Crippen molar-refractivity contribution in [3.63, 3.8) is 0 Å². The minimum Gasteiger partial charge on any atom is -0.382 e. The van der Waals surface area contributed by atoms with E-state index in [2.05, 4.69) is 15.2 Å². The molecule has 6 rings (SSSR count). The molecule has 0 unspecified atom stereocenters. The molecule has 1 aliphatic rings. The number of nitrogen functional groups attached to an aromatic ring is 1. The molecule has 1 saturated heterocycles. The van der Waals surface area contributed by atoms with Crippen LogP contribution in [0, 0.1) is 6.92 Å². The van der Waals surface area contributed by atoms with Gasteiger partial charge in [-0.05, 0) is 49.1 Å². The van der Waals surface area contributed by atoms with Crippen molar-refractivity contribution in [3.05, 3.63) is 77.1 Å². The van der Waals surface area contributed by atoms with Crippen molar-refractivity contribution < 1.29 is 8.85 Å². The molecule has 4 aromatic heterocycles. The van der Waals surface area contributed by atoms with Crippen LogP contribution in [0.15, 0.2) is 66.0 Å². The van der Waals surface area contributed by atoms with Gasteiger partial charge in [0.1, 0.15) is 11.8 Å². The van der Waals surface area contributed by atoms with Gasteiger partial charge in [-0.15, -0.1) is 0 Å². The van der Waals surface area contributed by atoms with Gasteiger partial charge in [0, 0.05) is 59.5 Å². The summed E-state index contributed by atoms with van der Waals surface area (Å²) in [7, 11) is 0. The number of nitrogens with zero attached hydrogens (tertiary/aromatic N) is 6. The van der Waals surface area contributed by atoms with E-state index in [1.807, 2.05) is 41.1 Å². The minimum atomic E-state index is -2.58.